The number of amides is 1. The number of ether oxygens (including phenoxy) is 2. The Balaban J connectivity index is 1.51. The first-order valence-electron chi connectivity index (χ1n) is 10.4. The summed E-state index contributed by atoms with van der Waals surface area (Å²) in [4.78, 5) is 15.4. The first kappa shape index (κ1) is 19.8. The molecular weight excluding hydrogens is 364 g/mol. The summed E-state index contributed by atoms with van der Waals surface area (Å²) in [7, 11) is 3.27. The van der Waals surface area contributed by atoms with E-state index in [1.165, 1.54) is 11.1 Å². The lowest BCUT2D eigenvalue weighted by atomic mass is 9.87. The van der Waals surface area contributed by atoms with Crippen molar-refractivity contribution in [3.05, 3.63) is 59.2 Å². The van der Waals surface area contributed by atoms with E-state index in [-0.39, 0.29) is 11.9 Å². The molecule has 29 heavy (non-hydrogen) atoms. The van der Waals surface area contributed by atoms with Gasteiger partial charge in [0, 0.05) is 32.0 Å². The predicted octanol–water partition coefficient (Wildman–Crippen LogP) is 3.36. The van der Waals surface area contributed by atoms with Gasteiger partial charge in [0.15, 0.2) is 11.5 Å². The number of nitrogens with zero attached hydrogens (tertiary/aromatic N) is 1. The molecule has 154 valence electrons. The number of methoxy groups -OCH3 is 2. The maximum atomic E-state index is 13.3. The summed E-state index contributed by atoms with van der Waals surface area (Å²) in [6.45, 7) is 4.99. The summed E-state index contributed by atoms with van der Waals surface area (Å²) >= 11 is 0. The number of benzene rings is 2. The van der Waals surface area contributed by atoms with E-state index in [4.69, 9.17) is 9.47 Å². The number of likely N-dealkylation sites (tertiary alicyclic amines) is 1. The third-order valence-electron chi connectivity index (χ3n) is 6.47. The molecular formula is C24H30N2O3. The zero-order valence-electron chi connectivity index (χ0n) is 17.5. The predicted molar refractivity (Wildman–Crippen MR) is 113 cm³/mol. The number of aryl methyl sites for hydroxylation is 2. The third-order valence-corrected chi connectivity index (χ3v) is 6.47. The molecule has 2 aromatic rings. The zero-order valence-corrected chi connectivity index (χ0v) is 17.5. The molecule has 4 rings (SSSR count). The van der Waals surface area contributed by atoms with Gasteiger partial charge in [-0.2, -0.15) is 0 Å². The summed E-state index contributed by atoms with van der Waals surface area (Å²) in [6, 6.07) is 14.6. The normalized spacial score (nSPS) is 23.1. The monoisotopic (exact) mass is 394 g/mol. The Bertz CT molecular complexity index is 882. The highest BCUT2D eigenvalue weighted by atomic mass is 16.5. The molecule has 2 saturated heterocycles. The lowest BCUT2D eigenvalue weighted by Crippen LogP contribution is -2.35. The van der Waals surface area contributed by atoms with Gasteiger partial charge in [-0.05, 0) is 48.1 Å². The minimum atomic E-state index is 0.175. The van der Waals surface area contributed by atoms with E-state index in [9.17, 15) is 4.79 Å². The molecule has 1 amide bonds. The van der Waals surface area contributed by atoms with Crippen LogP contribution >= 0.6 is 0 Å². The van der Waals surface area contributed by atoms with Crippen LogP contribution < -0.4 is 14.8 Å². The quantitative estimate of drug-likeness (QED) is 0.816. The van der Waals surface area contributed by atoms with Gasteiger partial charge >= 0.3 is 0 Å². The number of hydrogen-bond donors (Lipinski definition) is 1. The molecule has 0 saturated carbocycles. The van der Waals surface area contributed by atoms with E-state index < -0.39 is 0 Å². The van der Waals surface area contributed by atoms with Crippen LogP contribution in [0.3, 0.4) is 0 Å². The molecule has 1 N–H and O–H groups in total. The van der Waals surface area contributed by atoms with Crippen molar-refractivity contribution in [1.29, 1.82) is 0 Å². The summed E-state index contributed by atoms with van der Waals surface area (Å²) in [6.07, 6.45) is 1.20. The first-order valence-corrected chi connectivity index (χ1v) is 10.4. The van der Waals surface area contributed by atoms with Crippen LogP contribution in [0.4, 0.5) is 0 Å². The molecule has 2 aromatic carbocycles. The van der Waals surface area contributed by atoms with Crippen LogP contribution in [-0.2, 0) is 11.2 Å². The molecule has 0 radical (unpaired) electrons. The van der Waals surface area contributed by atoms with Crippen LogP contribution in [0, 0.1) is 18.8 Å². The van der Waals surface area contributed by atoms with Gasteiger partial charge in [-0.15, -0.1) is 0 Å². The van der Waals surface area contributed by atoms with Gasteiger partial charge in [0.1, 0.15) is 0 Å². The molecule has 2 heterocycles. The van der Waals surface area contributed by atoms with Crippen LogP contribution in [0.15, 0.2) is 42.5 Å². The second kappa shape index (κ2) is 8.46. The van der Waals surface area contributed by atoms with Crippen LogP contribution in [0.5, 0.6) is 11.5 Å². The molecule has 2 fully saturated rings. The molecule has 0 unspecified atom stereocenters. The van der Waals surface area contributed by atoms with Gasteiger partial charge in [-0.25, -0.2) is 0 Å². The Kier molecular flexibility index (Phi) is 5.76. The lowest BCUT2D eigenvalue weighted by Gasteiger charge is -2.29. The SMILES string of the molecule is COc1ccc(CCC(=O)N2C[C@@H]3CNC[C@@H]3[C@@H]2c2ccccc2C)cc1OC. The molecule has 2 aliphatic rings. The topological polar surface area (TPSA) is 50.8 Å². The Labute approximate surface area is 173 Å². The van der Waals surface area contributed by atoms with Crippen molar-refractivity contribution >= 4 is 5.91 Å². The van der Waals surface area contributed by atoms with Crippen molar-refractivity contribution in [3.8, 4) is 11.5 Å². The summed E-state index contributed by atoms with van der Waals surface area (Å²) in [5.41, 5.74) is 3.65. The molecule has 0 aromatic heterocycles. The minimum absolute atomic E-state index is 0.175. The molecule has 2 aliphatic heterocycles. The molecule has 0 bridgehead atoms. The average Bonchev–Trinajstić information content (AvgIpc) is 3.33. The van der Waals surface area contributed by atoms with Gasteiger partial charge in [0.05, 0.1) is 20.3 Å². The Morgan fingerprint density at radius 1 is 1.10 bits per heavy atom. The second-order valence-corrected chi connectivity index (χ2v) is 8.12. The largest absolute Gasteiger partial charge is 0.493 e. The second-order valence-electron chi connectivity index (χ2n) is 8.12. The van der Waals surface area contributed by atoms with Crippen molar-refractivity contribution in [2.75, 3.05) is 33.9 Å². The number of nitrogens with one attached hydrogen (secondary N) is 1. The Hall–Kier alpha value is -2.53. The van der Waals surface area contributed by atoms with Crippen molar-refractivity contribution in [3.63, 3.8) is 0 Å². The maximum Gasteiger partial charge on any atom is 0.223 e. The van der Waals surface area contributed by atoms with E-state index in [1.54, 1.807) is 14.2 Å². The highest BCUT2D eigenvalue weighted by Crippen LogP contribution is 2.43. The van der Waals surface area contributed by atoms with Gasteiger partial charge < -0.3 is 19.7 Å². The van der Waals surface area contributed by atoms with Crippen molar-refractivity contribution in [1.82, 2.24) is 10.2 Å². The van der Waals surface area contributed by atoms with Crippen molar-refractivity contribution in [2.24, 2.45) is 11.8 Å². The first-order chi connectivity index (χ1) is 14.1. The highest BCUT2D eigenvalue weighted by molar-refractivity contribution is 5.77. The maximum absolute atomic E-state index is 13.3. The summed E-state index contributed by atoms with van der Waals surface area (Å²) in [5, 5.41) is 3.52. The van der Waals surface area contributed by atoms with E-state index in [0.717, 1.165) is 25.2 Å². The molecule has 5 nitrogen and oxygen atoms in total. The van der Waals surface area contributed by atoms with Gasteiger partial charge in [-0.3, -0.25) is 4.79 Å². The molecule has 0 spiro atoms. The van der Waals surface area contributed by atoms with Crippen molar-refractivity contribution < 1.29 is 14.3 Å². The fraction of sp³-hybridized carbons (Fsp3) is 0.458. The summed E-state index contributed by atoms with van der Waals surface area (Å²) in [5.74, 6) is 2.70. The number of carbonyl (C=O) groups is 1. The third kappa shape index (κ3) is 3.84. The Morgan fingerprint density at radius 2 is 1.90 bits per heavy atom. The van der Waals surface area contributed by atoms with Gasteiger partial charge in [0.2, 0.25) is 5.91 Å². The number of rotatable bonds is 6. The highest BCUT2D eigenvalue weighted by Gasteiger charge is 2.46. The number of fused-ring (bicyclic) bond motifs is 1. The van der Waals surface area contributed by atoms with Crippen molar-refractivity contribution in [2.45, 2.75) is 25.8 Å². The van der Waals surface area contributed by atoms with Gasteiger partial charge in [0.25, 0.3) is 0 Å². The lowest BCUT2D eigenvalue weighted by molar-refractivity contribution is -0.132. The number of carbonyl (C=O) groups excluding carboxylic acids is 1. The van der Waals surface area contributed by atoms with E-state index in [2.05, 4.69) is 41.4 Å². The van der Waals surface area contributed by atoms with E-state index in [1.807, 2.05) is 18.2 Å². The van der Waals surface area contributed by atoms with Crippen LogP contribution in [0.25, 0.3) is 0 Å². The Morgan fingerprint density at radius 3 is 2.66 bits per heavy atom. The average molecular weight is 395 g/mol. The van der Waals surface area contributed by atoms with Crippen LogP contribution in [0.2, 0.25) is 0 Å². The minimum Gasteiger partial charge on any atom is -0.493 e. The molecule has 3 atom stereocenters. The zero-order chi connectivity index (χ0) is 20.4. The van der Waals surface area contributed by atoms with E-state index in [0.29, 0.717) is 36.2 Å². The fourth-order valence-corrected chi connectivity index (χ4v) is 4.93. The van der Waals surface area contributed by atoms with Gasteiger partial charge in [-0.1, -0.05) is 30.3 Å². The smallest absolute Gasteiger partial charge is 0.223 e. The molecule has 0 aliphatic carbocycles. The molecule has 5 heteroatoms. The van der Waals surface area contributed by atoms with Crippen LogP contribution in [-0.4, -0.2) is 44.7 Å². The summed E-state index contributed by atoms with van der Waals surface area (Å²) < 4.78 is 10.7. The fourth-order valence-electron chi connectivity index (χ4n) is 4.93. The van der Waals surface area contributed by atoms with E-state index >= 15 is 0 Å². The standard InChI is InChI=1S/C24H30N2O3/c1-16-6-4-5-7-19(16)24-20-14-25-13-18(20)15-26(24)23(27)11-9-17-8-10-21(28-2)22(12-17)29-3/h4-8,10,12,18,20,24-25H,9,11,13-15H2,1-3H3/t18-,20-,24-/m0/s1. The number of hydrogen-bond acceptors (Lipinski definition) is 4. The van der Waals surface area contributed by atoms with Crippen LogP contribution in [0.1, 0.15) is 29.2 Å².